The summed E-state index contributed by atoms with van der Waals surface area (Å²) < 4.78 is 10.6. The molecule has 1 aliphatic rings. The van der Waals surface area contributed by atoms with E-state index in [4.69, 9.17) is 9.47 Å². The van der Waals surface area contributed by atoms with E-state index in [2.05, 4.69) is 20.6 Å². The molecule has 0 saturated carbocycles. The fraction of sp³-hybridized carbons (Fsp3) is 0.150. The molecule has 3 aromatic rings. The third-order valence-electron chi connectivity index (χ3n) is 4.12. The normalized spacial score (nSPS) is 11.9. The molecule has 2 amide bonds. The van der Waals surface area contributed by atoms with Crippen LogP contribution in [0.5, 0.6) is 11.5 Å². The van der Waals surface area contributed by atoms with Crippen LogP contribution in [0.4, 0.5) is 4.79 Å². The van der Waals surface area contributed by atoms with Gasteiger partial charge in [0.05, 0.1) is 5.69 Å². The van der Waals surface area contributed by atoms with Crippen LogP contribution in [0.2, 0.25) is 0 Å². The Morgan fingerprint density at radius 1 is 0.963 bits per heavy atom. The van der Waals surface area contributed by atoms with Gasteiger partial charge in [0.15, 0.2) is 11.5 Å². The van der Waals surface area contributed by atoms with Gasteiger partial charge >= 0.3 is 6.03 Å². The number of aromatic nitrogens is 2. The number of carbonyl (C=O) groups is 1. The fourth-order valence-electron chi connectivity index (χ4n) is 2.73. The Kier molecular flexibility index (Phi) is 4.82. The van der Waals surface area contributed by atoms with E-state index in [1.54, 1.807) is 18.6 Å². The Morgan fingerprint density at radius 2 is 1.78 bits per heavy atom. The largest absolute Gasteiger partial charge is 0.454 e. The van der Waals surface area contributed by atoms with Gasteiger partial charge < -0.3 is 20.1 Å². The molecule has 3 heterocycles. The first-order valence-electron chi connectivity index (χ1n) is 8.53. The van der Waals surface area contributed by atoms with Gasteiger partial charge in [-0.1, -0.05) is 6.07 Å². The number of carbonyl (C=O) groups excluding carboxylic acids is 1. The molecule has 2 aromatic heterocycles. The van der Waals surface area contributed by atoms with Crippen molar-refractivity contribution in [1.82, 2.24) is 20.6 Å². The molecule has 1 aliphatic heterocycles. The minimum Gasteiger partial charge on any atom is -0.454 e. The second-order valence-electron chi connectivity index (χ2n) is 6.01. The average molecular weight is 362 g/mol. The van der Waals surface area contributed by atoms with Gasteiger partial charge in [-0.3, -0.25) is 9.97 Å². The highest BCUT2D eigenvalue weighted by atomic mass is 16.7. The maximum Gasteiger partial charge on any atom is 0.315 e. The van der Waals surface area contributed by atoms with Gasteiger partial charge in [-0.25, -0.2) is 4.79 Å². The Hall–Kier alpha value is -3.61. The monoisotopic (exact) mass is 362 g/mol. The summed E-state index contributed by atoms with van der Waals surface area (Å²) in [6.45, 7) is 1.04. The highest BCUT2D eigenvalue weighted by molar-refractivity contribution is 5.74. The van der Waals surface area contributed by atoms with Gasteiger partial charge in [-0.15, -0.1) is 0 Å². The second kappa shape index (κ2) is 7.74. The zero-order valence-corrected chi connectivity index (χ0v) is 14.5. The van der Waals surface area contributed by atoms with E-state index in [9.17, 15) is 4.79 Å². The molecule has 7 heteroatoms. The van der Waals surface area contributed by atoms with Crippen molar-refractivity contribution >= 4 is 6.03 Å². The van der Waals surface area contributed by atoms with E-state index >= 15 is 0 Å². The number of fused-ring (bicyclic) bond motifs is 1. The summed E-state index contributed by atoms with van der Waals surface area (Å²) >= 11 is 0. The van der Waals surface area contributed by atoms with Gasteiger partial charge in [0.1, 0.15) is 0 Å². The molecule has 0 aliphatic carbocycles. The van der Waals surface area contributed by atoms with E-state index in [-0.39, 0.29) is 12.8 Å². The third-order valence-corrected chi connectivity index (χ3v) is 4.12. The van der Waals surface area contributed by atoms with E-state index in [0.29, 0.717) is 18.8 Å². The highest BCUT2D eigenvalue weighted by Crippen LogP contribution is 2.32. The first kappa shape index (κ1) is 16.8. The number of ether oxygens (including phenoxy) is 2. The zero-order chi connectivity index (χ0) is 18.5. The van der Waals surface area contributed by atoms with E-state index in [0.717, 1.165) is 28.1 Å². The number of hydrogen-bond donors (Lipinski definition) is 2. The topological polar surface area (TPSA) is 85.4 Å². The van der Waals surface area contributed by atoms with Crippen molar-refractivity contribution < 1.29 is 14.3 Å². The fourth-order valence-corrected chi connectivity index (χ4v) is 2.73. The summed E-state index contributed by atoms with van der Waals surface area (Å²) in [5.74, 6) is 1.43. The van der Waals surface area contributed by atoms with Crippen molar-refractivity contribution in [2.45, 2.75) is 13.1 Å². The maximum absolute atomic E-state index is 12.1. The van der Waals surface area contributed by atoms with E-state index in [1.165, 1.54) is 0 Å². The number of urea groups is 1. The van der Waals surface area contributed by atoms with Crippen LogP contribution in [-0.2, 0) is 13.1 Å². The molecule has 1 aromatic carbocycles. The SMILES string of the molecule is O=C(NCc1ccnc(-c2cccnc2)c1)NCc1ccc2c(c1)OCO2. The van der Waals surface area contributed by atoms with Crippen molar-refractivity contribution in [3.63, 3.8) is 0 Å². The van der Waals surface area contributed by atoms with Crippen LogP contribution in [0, 0.1) is 0 Å². The van der Waals surface area contributed by atoms with Crippen molar-refractivity contribution in [3.05, 3.63) is 72.2 Å². The summed E-state index contributed by atoms with van der Waals surface area (Å²) in [7, 11) is 0. The average Bonchev–Trinajstić information content (AvgIpc) is 3.19. The summed E-state index contributed by atoms with van der Waals surface area (Å²) in [5.41, 5.74) is 3.66. The van der Waals surface area contributed by atoms with Crippen molar-refractivity contribution in [2.75, 3.05) is 6.79 Å². The van der Waals surface area contributed by atoms with Crippen molar-refractivity contribution in [1.29, 1.82) is 0 Å². The lowest BCUT2D eigenvalue weighted by atomic mass is 10.1. The first-order valence-corrected chi connectivity index (χ1v) is 8.53. The number of benzene rings is 1. The Bertz CT molecular complexity index is 947. The van der Waals surface area contributed by atoms with Gasteiger partial charge in [-0.05, 0) is 47.5 Å². The van der Waals surface area contributed by atoms with Gasteiger partial charge in [0.25, 0.3) is 0 Å². The molecule has 0 atom stereocenters. The molecule has 136 valence electrons. The molecule has 0 fully saturated rings. The molecule has 7 nitrogen and oxygen atoms in total. The summed E-state index contributed by atoms with van der Waals surface area (Å²) in [6.07, 6.45) is 5.21. The number of nitrogens with one attached hydrogen (secondary N) is 2. The van der Waals surface area contributed by atoms with Crippen LogP contribution < -0.4 is 20.1 Å². The molecular formula is C20H18N4O3. The van der Waals surface area contributed by atoms with Crippen LogP contribution in [-0.4, -0.2) is 22.8 Å². The molecule has 0 spiro atoms. The summed E-state index contributed by atoms with van der Waals surface area (Å²) in [5, 5.41) is 5.69. The van der Waals surface area contributed by atoms with E-state index in [1.807, 2.05) is 42.5 Å². The predicted octanol–water partition coefficient (Wildman–Crippen LogP) is 2.87. The molecule has 4 rings (SSSR count). The van der Waals surface area contributed by atoms with Crippen molar-refractivity contribution in [2.24, 2.45) is 0 Å². The standard InChI is InChI=1S/C20H18N4O3/c25-20(23-10-14-3-4-18-19(9-14)27-13-26-18)24-11-15-5-7-22-17(8-15)16-2-1-6-21-12-16/h1-9,12H,10-11,13H2,(H2,23,24,25). The van der Waals surface area contributed by atoms with Gasteiger partial charge in [0.2, 0.25) is 6.79 Å². The Labute approximate surface area is 156 Å². The second-order valence-corrected chi connectivity index (χ2v) is 6.01. The van der Waals surface area contributed by atoms with Crippen LogP contribution >= 0.6 is 0 Å². The minimum absolute atomic E-state index is 0.236. The first-order chi connectivity index (χ1) is 13.3. The molecule has 27 heavy (non-hydrogen) atoms. The molecule has 0 radical (unpaired) electrons. The lowest BCUT2D eigenvalue weighted by Crippen LogP contribution is -2.34. The molecule has 0 bridgehead atoms. The minimum atomic E-state index is -0.243. The Balaban J connectivity index is 1.30. The summed E-state index contributed by atoms with van der Waals surface area (Å²) in [6, 6.07) is 13.0. The number of pyridine rings is 2. The van der Waals surface area contributed by atoms with Crippen molar-refractivity contribution in [3.8, 4) is 22.8 Å². The van der Waals surface area contributed by atoms with Crippen LogP contribution in [0.15, 0.2) is 61.1 Å². The predicted molar refractivity (Wildman–Crippen MR) is 99.1 cm³/mol. The highest BCUT2D eigenvalue weighted by Gasteiger charge is 2.13. The summed E-state index contributed by atoms with van der Waals surface area (Å²) in [4.78, 5) is 20.5. The number of rotatable bonds is 5. The number of amides is 2. The quantitative estimate of drug-likeness (QED) is 0.729. The molecular weight excluding hydrogens is 344 g/mol. The van der Waals surface area contributed by atoms with Crippen LogP contribution in [0.25, 0.3) is 11.3 Å². The molecule has 2 N–H and O–H groups in total. The molecule has 0 unspecified atom stereocenters. The zero-order valence-electron chi connectivity index (χ0n) is 14.5. The van der Waals surface area contributed by atoms with Crippen LogP contribution in [0.1, 0.15) is 11.1 Å². The number of nitrogens with zero attached hydrogens (tertiary/aromatic N) is 2. The lowest BCUT2D eigenvalue weighted by molar-refractivity contribution is 0.174. The third kappa shape index (κ3) is 4.14. The van der Waals surface area contributed by atoms with Crippen LogP contribution in [0.3, 0.4) is 0 Å². The lowest BCUT2D eigenvalue weighted by Gasteiger charge is -2.09. The smallest absolute Gasteiger partial charge is 0.315 e. The molecule has 0 saturated heterocycles. The van der Waals surface area contributed by atoms with Gasteiger partial charge in [0, 0.05) is 37.2 Å². The van der Waals surface area contributed by atoms with E-state index < -0.39 is 0 Å². The Morgan fingerprint density at radius 3 is 2.59 bits per heavy atom. The number of hydrogen-bond acceptors (Lipinski definition) is 5. The maximum atomic E-state index is 12.1. The van der Waals surface area contributed by atoms with Gasteiger partial charge in [-0.2, -0.15) is 0 Å².